The van der Waals surface area contributed by atoms with Gasteiger partial charge in [-0.05, 0) is 20.5 Å². The van der Waals surface area contributed by atoms with Crippen LogP contribution in [0.4, 0.5) is 4.70 Å². The summed E-state index contributed by atoms with van der Waals surface area (Å²) >= 11 is 0. The van der Waals surface area contributed by atoms with E-state index in [-0.39, 0.29) is 10.5 Å². The van der Waals surface area contributed by atoms with Gasteiger partial charge < -0.3 is 5.32 Å². The molecule has 0 aliphatic rings. The Bertz CT molecular complexity index is 246. The van der Waals surface area contributed by atoms with E-state index >= 15 is 0 Å². The maximum absolute atomic E-state index is 10.4. The molecule has 0 rings (SSSR count). The number of hydrogen-bond donors (Lipinski definition) is 2. The van der Waals surface area contributed by atoms with Gasteiger partial charge in [0, 0.05) is 0 Å². The van der Waals surface area contributed by atoms with E-state index in [1.807, 2.05) is 14.1 Å². The van der Waals surface area contributed by atoms with Crippen molar-refractivity contribution in [3.05, 3.63) is 0 Å². The van der Waals surface area contributed by atoms with E-state index in [0.29, 0.717) is 6.42 Å². The SMILES string of the molecule is CCCCCCCCCCCS(=O)(=O)O.CNC.F. The highest BCUT2D eigenvalue weighted by atomic mass is 32.2. The number of rotatable bonds is 10. The zero-order valence-electron chi connectivity index (χ0n) is 12.7. The molecule has 0 aromatic rings. The average Bonchev–Trinajstić information content (AvgIpc) is 2.26. The van der Waals surface area contributed by atoms with Gasteiger partial charge in [0.15, 0.2) is 0 Å². The third kappa shape index (κ3) is 31.9. The third-order valence-electron chi connectivity index (χ3n) is 2.51. The third-order valence-corrected chi connectivity index (χ3v) is 3.31. The van der Waals surface area contributed by atoms with Crippen molar-refractivity contribution < 1.29 is 17.7 Å². The van der Waals surface area contributed by atoms with Crippen LogP contribution in [-0.2, 0) is 10.1 Å². The molecule has 0 bridgehead atoms. The van der Waals surface area contributed by atoms with Gasteiger partial charge in [0.05, 0.1) is 5.75 Å². The van der Waals surface area contributed by atoms with Crippen LogP contribution in [0.5, 0.6) is 0 Å². The monoisotopic (exact) mass is 301 g/mol. The summed E-state index contributed by atoms with van der Waals surface area (Å²) in [5.74, 6) is -0.0805. The topological polar surface area (TPSA) is 66.4 Å². The molecule has 0 radical (unpaired) electrons. The van der Waals surface area contributed by atoms with Crippen LogP contribution in [0.2, 0.25) is 0 Å². The molecule has 0 spiro atoms. The second kappa shape index (κ2) is 17.8. The molecular formula is C13H32FNO3S. The van der Waals surface area contributed by atoms with E-state index in [0.717, 1.165) is 12.8 Å². The van der Waals surface area contributed by atoms with Crippen LogP contribution < -0.4 is 5.32 Å². The number of halogens is 1. The molecule has 0 aliphatic carbocycles. The first-order chi connectivity index (χ1) is 8.47. The lowest BCUT2D eigenvalue weighted by Crippen LogP contribution is -2.03. The van der Waals surface area contributed by atoms with Crippen molar-refractivity contribution in [2.24, 2.45) is 0 Å². The second-order valence-electron chi connectivity index (χ2n) is 4.61. The summed E-state index contributed by atoms with van der Waals surface area (Å²) in [6.07, 6.45) is 10.2. The van der Waals surface area contributed by atoms with Gasteiger partial charge in [-0.1, -0.05) is 58.3 Å². The smallest absolute Gasteiger partial charge is 0.264 e. The zero-order valence-corrected chi connectivity index (χ0v) is 13.5. The Morgan fingerprint density at radius 3 is 1.47 bits per heavy atom. The van der Waals surface area contributed by atoms with E-state index in [2.05, 4.69) is 12.2 Å². The van der Waals surface area contributed by atoms with Gasteiger partial charge in [-0.2, -0.15) is 8.42 Å². The van der Waals surface area contributed by atoms with Crippen molar-refractivity contribution in [3.63, 3.8) is 0 Å². The van der Waals surface area contributed by atoms with Crippen LogP contribution in [0.3, 0.4) is 0 Å². The van der Waals surface area contributed by atoms with Crippen LogP contribution in [0.1, 0.15) is 64.7 Å². The molecule has 19 heavy (non-hydrogen) atoms. The van der Waals surface area contributed by atoms with Crippen LogP contribution in [0.15, 0.2) is 0 Å². The highest BCUT2D eigenvalue weighted by molar-refractivity contribution is 7.85. The van der Waals surface area contributed by atoms with Gasteiger partial charge >= 0.3 is 0 Å². The Morgan fingerprint density at radius 2 is 1.16 bits per heavy atom. The standard InChI is InChI=1S/C11H24O3S.C2H7N.FH/c1-2-3-4-5-6-7-8-9-10-11-15(12,13)14;1-3-2;/h2-11H2,1H3,(H,12,13,14);3H,1-2H3;1H. The summed E-state index contributed by atoms with van der Waals surface area (Å²) in [7, 11) is 0.0211. The van der Waals surface area contributed by atoms with Gasteiger partial charge in [0.25, 0.3) is 10.1 Å². The Labute approximate surface area is 118 Å². The Balaban J connectivity index is -0.000000580. The molecule has 2 N–H and O–H groups in total. The lowest BCUT2D eigenvalue weighted by molar-refractivity contribution is 0.478. The molecule has 120 valence electrons. The molecule has 0 aromatic heterocycles. The summed E-state index contributed by atoms with van der Waals surface area (Å²) in [6, 6.07) is 0. The van der Waals surface area contributed by atoms with E-state index in [1.165, 1.54) is 38.5 Å². The molecule has 0 unspecified atom stereocenters. The van der Waals surface area contributed by atoms with Crippen LogP contribution in [0.25, 0.3) is 0 Å². The highest BCUT2D eigenvalue weighted by Gasteiger charge is 2.02. The molecule has 0 fully saturated rings. The molecule has 0 amide bonds. The molecule has 0 atom stereocenters. The first-order valence-electron chi connectivity index (χ1n) is 7.01. The van der Waals surface area contributed by atoms with Gasteiger partial charge in [0.1, 0.15) is 0 Å². The quantitative estimate of drug-likeness (QED) is 0.479. The minimum Gasteiger partial charge on any atom is -0.323 e. The highest BCUT2D eigenvalue weighted by Crippen LogP contribution is 2.09. The number of hydrogen-bond acceptors (Lipinski definition) is 3. The fourth-order valence-corrected chi connectivity index (χ4v) is 2.16. The second-order valence-corrected chi connectivity index (χ2v) is 6.19. The molecule has 6 heteroatoms. The summed E-state index contributed by atoms with van der Waals surface area (Å²) < 4.78 is 29.3. The predicted molar refractivity (Wildman–Crippen MR) is 81.1 cm³/mol. The van der Waals surface area contributed by atoms with Gasteiger partial charge in [-0.3, -0.25) is 9.26 Å². The Morgan fingerprint density at radius 1 is 0.842 bits per heavy atom. The van der Waals surface area contributed by atoms with Crippen molar-refractivity contribution in [2.75, 3.05) is 19.8 Å². The van der Waals surface area contributed by atoms with Crippen molar-refractivity contribution in [1.82, 2.24) is 5.32 Å². The first-order valence-corrected chi connectivity index (χ1v) is 8.62. The average molecular weight is 301 g/mol. The van der Waals surface area contributed by atoms with Crippen molar-refractivity contribution in [1.29, 1.82) is 0 Å². The van der Waals surface area contributed by atoms with Crippen molar-refractivity contribution >= 4 is 10.1 Å². The van der Waals surface area contributed by atoms with Crippen molar-refractivity contribution in [2.45, 2.75) is 64.7 Å². The van der Waals surface area contributed by atoms with E-state index in [9.17, 15) is 8.42 Å². The molecule has 0 heterocycles. The molecule has 0 aliphatic heterocycles. The lowest BCUT2D eigenvalue weighted by Gasteiger charge is -2.00. The van der Waals surface area contributed by atoms with Crippen LogP contribution >= 0.6 is 0 Å². The molecule has 0 saturated carbocycles. The van der Waals surface area contributed by atoms with Crippen molar-refractivity contribution in [3.8, 4) is 0 Å². The number of nitrogens with one attached hydrogen (secondary N) is 1. The first kappa shape index (κ1) is 23.9. The zero-order chi connectivity index (χ0) is 14.3. The molecule has 0 aromatic carbocycles. The Kier molecular flexibility index (Phi) is 22.4. The molecule has 0 saturated heterocycles. The fraction of sp³-hybridized carbons (Fsp3) is 1.00. The lowest BCUT2D eigenvalue weighted by atomic mass is 10.1. The normalized spacial score (nSPS) is 10.3. The minimum atomic E-state index is -3.73. The minimum absolute atomic E-state index is 0. The van der Waals surface area contributed by atoms with E-state index < -0.39 is 10.1 Å². The predicted octanol–water partition coefficient (Wildman–Crippen LogP) is 3.39. The summed E-state index contributed by atoms with van der Waals surface area (Å²) in [6.45, 7) is 2.20. The van der Waals surface area contributed by atoms with Gasteiger partial charge in [-0.15, -0.1) is 0 Å². The molecule has 4 nitrogen and oxygen atoms in total. The van der Waals surface area contributed by atoms with Crippen LogP contribution in [-0.4, -0.2) is 32.8 Å². The van der Waals surface area contributed by atoms with Gasteiger partial charge in [-0.25, -0.2) is 0 Å². The number of unbranched alkanes of at least 4 members (excludes halogenated alkanes) is 8. The summed E-state index contributed by atoms with van der Waals surface area (Å²) in [5.41, 5.74) is 0. The molecular weight excluding hydrogens is 269 g/mol. The fourth-order valence-electron chi connectivity index (χ4n) is 1.60. The van der Waals surface area contributed by atoms with Gasteiger partial charge in [0.2, 0.25) is 0 Å². The maximum Gasteiger partial charge on any atom is 0.264 e. The maximum atomic E-state index is 10.4. The van der Waals surface area contributed by atoms with E-state index in [1.54, 1.807) is 0 Å². The summed E-state index contributed by atoms with van der Waals surface area (Å²) in [5, 5.41) is 2.75. The Hall–Kier alpha value is -0.200. The summed E-state index contributed by atoms with van der Waals surface area (Å²) in [4.78, 5) is 0. The largest absolute Gasteiger partial charge is 0.323 e. The van der Waals surface area contributed by atoms with Crippen LogP contribution in [0, 0.1) is 0 Å². The van der Waals surface area contributed by atoms with E-state index in [4.69, 9.17) is 4.55 Å².